The molecule has 98 valence electrons. The summed E-state index contributed by atoms with van der Waals surface area (Å²) < 4.78 is 3.72. The van der Waals surface area contributed by atoms with Crippen molar-refractivity contribution < 1.29 is 0 Å². The molecule has 0 aliphatic carbocycles. The zero-order valence-corrected chi connectivity index (χ0v) is 11.0. The molecule has 6 nitrogen and oxygen atoms in total. The van der Waals surface area contributed by atoms with E-state index in [1.54, 1.807) is 4.68 Å². The molecule has 2 aromatic rings. The van der Waals surface area contributed by atoms with Gasteiger partial charge in [-0.15, -0.1) is 0 Å². The van der Waals surface area contributed by atoms with Crippen molar-refractivity contribution in [2.45, 2.75) is 32.4 Å². The van der Waals surface area contributed by atoms with Gasteiger partial charge in [-0.1, -0.05) is 0 Å². The Hall–Kier alpha value is -1.66. The minimum absolute atomic E-state index is 0.0123. The Bertz CT molecular complexity index is 498. The van der Waals surface area contributed by atoms with Gasteiger partial charge in [-0.3, -0.25) is 20.6 Å². The van der Waals surface area contributed by atoms with E-state index in [0.717, 1.165) is 17.8 Å². The van der Waals surface area contributed by atoms with E-state index < -0.39 is 0 Å². The lowest BCUT2D eigenvalue weighted by atomic mass is 10.1. The highest BCUT2D eigenvalue weighted by molar-refractivity contribution is 5.11. The summed E-state index contributed by atoms with van der Waals surface area (Å²) in [5, 5.41) is 8.88. The third-order valence-electron chi connectivity index (χ3n) is 2.90. The summed E-state index contributed by atoms with van der Waals surface area (Å²) in [7, 11) is 1.89. The van der Waals surface area contributed by atoms with Gasteiger partial charge in [-0.05, 0) is 26.0 Å². The van der Waals surface area contributed by atoms with E-state index in [1.165, 1.54) is 0 Å². The Balaban J connectivity index is 2.10. The predicted octanol–water partition coefficient (Wildman–Crippen LogP) is 0.945. The molecule has 0 spiro atoms. The van der Waals surface area contributed by atoms with Gasteiger partial charge in [0.2, 0.25) is 0 Å². The van der Waals surface area contributed by atoms with Gasteiger partial charge in [-0.2, -0.15) is 10.2 Å². The van der Waals surface area contributed by atoms with Crippen molar-refractivity contribution in [3.8, 4) is 0 Å². The summed E-state index contributed by atoms with van der Waals surface area (Å²) in [5.41, 5.74) is 4.73. The number of hydrogen-bond donors (Lipinski definition) is 2. The van der Waals surface area contributed by atoms with Crippen LogP contribution in [0.2, 0.25) is 0 Å². The van der Waals surface area contributed by atoms with Crippen LogP contribution in [0.3, 0.4) is 0 Å². The third kappa shape index (κ3) is 2.77. The van der Waals surface area contributed by atoms with Crippen LogP contribution in [-0.4, -0.2) is 19.6 Å². The third-order valence-corrected chi connectivity index (χ3v) is 2.90. The zero-order chi connectivity index (χ0) is 13.1. The summed E-state index contributed by atoms with van der Waals surface area (Å²) >= 11 is 0. The number of nitrogens with zero attached hydrogens (tertiary/aromatic N) is 4. The van der Waals surface area contributed by atoms with Crippen molar-refractivity contribution in [1.82, 2.24) is 25.0 Å². The summed E-state index contributed by atoms with van der Waals surface area (Å²) in [4.78, 5) is 0. The average molecular weight is 248 g/mol. The number of rotatable bonds is 5. The number of aromatic nitrogens is 4. The second-order valence-electron chi connectivity index (χ2n) is 4.72. The maximum absolute atomic E-state index is 5.59. The van der Waals surface area contributed by atoms with Gasteiger partial charge < -0.3 is 0 Å². The highest BCUT2D eigenvalue weighted by Crippen LogP contribution is 2.15. The number of aryl methyl sites for hydroxylation is 1. The molecule has 1 unspecified atom stereocenters. The topological polar surface area (TPSA) is 73.7 Å². The Morgan fingerprint density at radius 1 is 1.28 bits per heavy atom. The van der Waals surface area contributed by atoms with Crippen molar-refractivity contribution in [2.24, 2.45) is 12.9 Å². The molecule has 0 aliphatic rings. The van der Waals surface area contributed by atoms with Crippen LogP contribution < -0.4 is 11.3 Å². The van der Waals surface area contributed by atoms with Crippen LogP contribution in [0.5, 0.6) is 0 Å². The fourth-order valence-corrected chi connectivity index (χ4v) is 1.85. The lowest BCUT2D eigenvalue weighted by Crippen LogP contribution is -2.30. The molecule has 0 aliphatic heterocycles. The smallest absolute Gasteiger partial charge is 0.0811 e. The van der Waals surface area contributed by atoms with Crippen molar-refractivity contribution >= 4 is 0 Å². The van der Waals surface area contributed by atoms with E-state index in [1.807, 2.05) is 36.3 Å². The predicted molar refractivity (Wildman–Crippen MR) is 69.6 cm³/mol. The Kier molecular flexibility index (Phi) is 3.78. The summed E-state index contributed by atoms with van der Waals surface area (Å²) in [6.07, 6.45) is 4.63. The largest absolute Gasteiger partial charge is 0.275 e. The minimum Gasteiger partial charge on any atom is -0.275 e. The number of hydrazine groups is 1. The molecule has 0 fully saturated rings. The second kappa shape index (κ2) is 5.32. The quantitative estimate of drug-likeness (QED) is 0.610. The molecule has 0 saturated heterocycles. The van der Waals surface area contributed by atoms with Gasteiger partial charge in [0.25, 0.3) is 0 Å². The Morgan fingerprint density at radius 3 is 2.56 bits per heavy atom. The van der Waals surface area contributed by atoms with Crippen LogP contribution in [0, 0.1) is 0 Å². The number of hydrogen-bond acceptors (Lipinski definition) is 4. The molecule has 0 radical (unpaired) electrons. The van der Waals surface area contributed by atoms with Gasteiger partial charge in [0, 0.05) is 31.9 Å². The highest BCUT2D eigenvalue weighted by atomic mass is 15.3. The Labute approximate surface area is 107 Å². The summed E-state index contributed by atoms with van der Waals surface area (Å²) in [5.74, 6) is 5.59. The van der Waals surface area contributed by atoms with E-state index >= 15 is 0 Å². The molecule has 0 aromatic carbocycles. The first-order chi connectivity index (χ1) is 8.60. The van der Waals surface area contributed by atoms with Crippen molar-refractivity contribution in [2.75, 3.05) is 0 Å². The first-order valence-electron chi connectivity index (χ1n) is 6.10. The summed E-state index contributed by atoms with van der Waals surface area (Å²) in [6, 6.07) is 4.34. The van der Waals surface area contributed by atoms with Gasteiger partial charge >= 0.3 is 0 Å². The van der Waals surface area contributed by atoms with Gasteiger partial charge in [-0.25, -0.2) is 0 Å². The van der Waals surface area contributed by atoms with Crippen LogP contribution in [0.1, 0.15) is 37.3 Å². The van der Waals surface area contributed by atoms with Crippen LogP contribution in [0.25, 0.3) is 0 Å². The lowest BCUT2D eigenvalue weighted by molar-refractivity contribution is 0.498. The van der Waals surface area contributed by atoms with E-state index in [0.29, 0.717) is 6.04 Å². The molecule has 2 aromatic heterocycles. The van der Waals surface area contributed by atoms with Crippen LogP contribution in [-0.2, 0) is 13.5 Å². The molecule has 6 heteroatoms. The molecule has 3 N–H and O–H groups in total. The molecular formula is C12H20N6. The fourth-order valence-electron chi connectivity index (χ4n) is 1.85. The first kappa shape index (κ1) is 12.8. The molecule has 0 bridgehead atoms. The molecular weight excluding hydrogens is 228 g/mol. The van der Waals surface area contributed by atoms with E-state index in [4.69, 9.17) is 5.84 Å². The minimum atomic E-state index is -0.0123. The van der Waals surface area contributed by atoms with Gasteiger partial charge in [0.15, 0.2) is 0 Å². The molecule has 0 saturated carbocycles. The molecule has 1 atom stereocenters. The van der Waals surface area contributed by atoms with Crippen molar-refractivity contribution in [3.63, 3.8) is 0 Å². The SMILES string of the molecule is CC(C)n1ccc(CC(NN)c2ccn(C)n2)n1. The maximum Gasteiger partial charge on any atom is 0.0811 e. The van der Waals surface area contributed by atoms with E-state index in [9.17, 15) is 0 Å². The highest BCUT2D eigenvalue weighted by Gasteiger charge is 2.15. The molecule has 18 heavy (non-hydrogen) atoms. The summed E-state index contributed by atoms with van der Waals surface area (Å²) in [6.45, 7) is 4.21. The van der Waals surface area contributed by atoms with Gasteiger partial charge in [0.05, 0.1) is 17.4 Å². The molecule has 0 amide bonds. The monoisotopic (exact) mass is 248 g/mol. The van der Waals surface area contributed by atoms with E-state index in [-0.39, 0.29) is 6.04 Å². The molecule has 2 rings (SSSR count). The number of nitrogens with one attached hydrogen (secondary N) is 1. The van der Waals surface area contributed by atoms with Crippen LogP contribution in [0.15, 0.2) is 24.5 Å². The first-order valence-corrected chi connectivity index (χ1v) is 6.10. The molecule has 2 heterocycles. The van der Waals surface area contributed by atoms with Crippen LogP contribution in [0.4, 0.5) is 0 Å². The standard InChI is InChI=1S/C12H20N6/c1-9(2)18-7-4-10(15-18)8-12(14-13)11-5-6-17(3)16-11/h4-7,9,12,14H,8,13H2,1-3H3. The Morgan fingerprint density at radius 2 is 2.06 bits per heavy atom. The van der Waals surface area contributed by atoms with E-state index in [2.05, 4.69) is 29.5 Å². The second-order valence-corrected chi connectivity index (χ2v) is 4.72. The van der Waals surface area contributed by atoms with Crippen molar-refractivity contribution in [3.05, 3.63) is 35.9 Å². The van der Waals surface area contributed by atoms with Crippen LogP contribution >= 0.6 is 0 Å². The number of nitrogens with two attached hydrogens (primary N) is 1. The fraction of sp³-hybridized carbons (Fsp3) is 0.500. The lowest BCUT2D eigenvalue weighted by Gasteiger charge is -2.11. The maximum atomic E-state index is 5.59. The van der Waals surface area contributed by atoms with Gasteiger partial charge in [0.1, 0.15) is 0 Å². The zero-order valence-electron chi connectivity index (χ0n) is 11.0. The van der Waals surface area contributed by atoms with Crippen molar-refractivity contribution in [1.29, 1.82) is 0 Å². The average Bonchev–Trinajstić information content (AvgIpc) is 2.94. The normalized spacial score (nSPS) is 13.2.